The van der Waals surface area contributed by atoms with Crippen LogP contribution in [0.5, 0.6) is 0 Å². The SMILES string of the molecule is CCCCC/C=C\C/C=C\CCCCCCCCC(O)(C(=O)CCCCCCC/C=C\CCCCCCCC)C(O)CO. The molecule has 43 heavy (non-hydrogen) atoms. The third-order valence-electron chi connectivity index (χ3n) is 8.63. The van der Waals surface area contributed by atoms with Gasteiger partial charge in [0.1, 0.15) is 6.10 Å². The summed E-state index contributed by atoms with van der Waals surface area (Å²) >= 11 is 0. The van der Waals surface area contributed by atoms with E-state index in [0.717, 1.165) is 64.2 Å². The van der Waals surface area contributed by atoms with Crippen molar-refractivity contribution in [2.75, 3.05) is 6.61 Å². The second-order valence-electron chi connectivity index (χ2n) is 12.7. The van der Waals surface area contributed by atoms with E-state index in [0.29, 0.717) is 6.42 Å². The van der Waals surface area contributed by atoms with Crippen LogP contribution in [0.4, 0.5) is 0 Å². The van der Waals surface area contributed by atoms with Crippen molar-refractivity contribution in [2.45, 2.75) is 199 Å². The fraction of sp³-hybridized carbons (Fsp3) is 0.821. The molecule has 4 heteroatoms. The molecule has 252 valence electrons. The normalized spacial score (nSPS) is 14.3. The summed E-state index contributed by atoms with van der Waals surface area (Å²) in [6.45, 7) is 3.91. The Labute approximate surface area is 267 Å². The number of carbonyl (C=O) groups is 1. The summed E-state index contributed by atoms with van der Waals surface area (Å²) in [6, 6.07) is 0. The van der Waals surface area contributed by atoms with Gasteiger partial charge in [0.15, 0.2) is 11.4 Å². The molecule has 2 unspecified atom stereocenters. The van der Waals surface area contributed by atoms with Crippen LogP contribution in [0.15, 0.2) is 36.5 Å². The minimum Gasteiger partial charge on any atom is -0.394 e. The molecule has 0 amide bonds. The first-order valence-electron chi connectivity index (χ1n) is 18.5. The maximum Gasteiger partial charge on any atom is 0.167 e. The Kier molecular flexibility index (Phi) is 31.3. The summed E-state index contributed by atoms with van der Waals surface area (Å²) in [5.41, 5.74) is -1.81. The zero-order valence-corrected chi connectivity index (χ0v) is 28.6. The summed E-state index contributed by atoms with van der Waals surface area (Å²) in [4.78, 5) is 12.8. The van der Waals surface area contributed by atoms with Crippen molar-refractivity contribution in [3.05, 3.63) is 36.5 Å². The zero-order chi connectivity index (χ0) is 31.7. The first kappa shape index (κ1) is 41.8. The van der Waals surface area contributed by atoms with Crippen LogP contribution in [-0.2, 0) is 4.79 Å². The first-order chi connectivity index (χ1) is 21.0. The molecular formula is C39H72O4. The molecule has 0 aromatic rings. The van der Waals surface area contributed by atoms with Crippen LogP contribution < -0.4 is 0 Å². The van der Waals surface area contributed by atoms with Gasteiger partial charge in [0, 0.05) is 6.42 Å². The third kappa shape index (κ3) is 25.8. The van der Waals surface area contributed by atoms with Crippen molar-refractivity contribution < 1.29 is 20.1 Å². The molecule has 0 bridgehead atoms. The zero-order valence-electron chi connectivity index (χ0n) is 28.6. The van der Waals surface area contributed by atoms with Crippen molar-refractivity contribution in [2.24, 2.45) is 0 Å². The molecule has 0 rings (SSSR count). The van der Waals surface area contributed by atoms with Crippen molar-refractivity contribution in [1.82, 2.24) is 0 Å². The molecule has 0 aliphatic rings. The lowest BCUT2D eigenvalue weighted by Gasteiger charge is -2.31. The molecule has 4 nitrogen and oxygen atoms in total. The Balaban J connectivity index is 3.90. The number of hydrogen-bond acceptors (Lipinski definition) is 4. The number of rotatable bonds is 33. The average molecular weight is 605 g/mol. The van der Waals surface area contributed by atoms with Crippen molar-refractivity contribution in [3.8, 4) is 0 Å². The lowest BCUT2D eigenvalue weighted by Crippen LogP contribution is -2.51. The monoisotopic (exact) mass is 605 g/mol. The van der Waals surface area contributed by atoms with Crippen LogP contribution in [-0.4, -0.2) is 39.4 Å². The predicted molar refractivity (Wildman–Crippen MR) is 186 cm³/mol. The molecule has 0 spiro atoms. The van der Waals surface area contributed by atoms with Gasteiger partial charge < -0.3 is 15.3 Å². The van der Waals surface area contributed by atoms with E-state index in [1.165, 1.54) is 89.9 Å². The van der Waals surface area contributed by atoms with Crippen LogP contribution in [0.3, 0.4) is 0 Å². The third-order valence-corrected chi connectivity index (χ3v) is 8.63. The summed E-state index contributed by atoms with van der Waals surface area (Å²) < 4.78 is 0. The highest BCUT2D eigenvalue weighted by Crippen LogP contribution is 2.24. The Morgan fingerprint density at radius 2 is 0.930 bits per heavy atom. The van der Waals surface area contributed by atoms with E-state index in [4.69, 9.17) is 0 Å². The van der Waals surface area contributed by atoms with Gasteiger partial charge >= 0.3 is 0 Å². The predicted octanol–water partition coefficient (Wildman–Crippen LogP) is 10.9. The lowest BCUT2D eigenvalue weighted by molar-refractivity contribution is -0.156. The molecule has 3 N–H and O–H groups in total. The topological polar surface area (TPSA) is 77.8 Å². The first-order valence-corrected chi connectivity index (χ1v) is 18.5. The van der Waals surface area contributed by atoms with E-state index in [1.807, 2.05) is 0 Å². The maximum absolute atomic E-state index is 12.8. The number of aliphatic hydroxyl groups is 3. The minimum absolute atomic E-state index is 0.229. The molecule has 0 aromatic heterocycles. The molecular weight excluding hydrogens is 532 g/mol. The van der Waals surface area contributed by atoms with Gasteiger partial charge in [-0.05, 0) is 70.6 Å². The summed E-state index contributed by atoms with van der Waals surface area (Å²) in [5, 5.41) is 30.7. The quantitative estimate of drug-likeness (QED) is 0.0514. The smallest absolute Gasteiger partial charge is 0.167 e. The lowest BCUT2D eigenvalue weighted by atomic mass is 9.84. The number of Topliss-reactive ketones (excluding diaryl/α,β-unsaturated/α-hetero) is 1. The second-order valence-corrected chi connectivity index (χ2v) is 12.7. The van der Waals surface area contributed by atoms with Gasteiger partial charge in [0.2, 0.25) is 0 Å². The molecule has 0 saturated carbocycles. The number of allylic oxidation sites excluding steroid dienone is 6. The fourth-order valence-corrected chi connectivity index (χ4v) is 5.60. The molecule has 0 aliphatic carbocycles. The molecule has 0 fully saturated rings. The van der Waals surface area contributed by atoms with Gasteiger partial charge in [0.25, 0.3) is 0 Å². The number of ketones is 1. The number of carbonyl (C=O) groups excluding carboxylic acids is 1. The van der Waals surface area contributed by atoms with E-state index < -0.39 is 18.3 Å². The molecule has 0 aliphatic heterocycles. The van der Waals surface area contributed by atoms with E-state index >= 15 is 0 Å². The van der Waals surface area contributed by atoms with Gasteiger partial charge in [0.05, 0.1) is 6.61 Å². The highest BCUT2D eigenvalue weighted by molar-refractivity contribution is 5.87. The van der Waals surface area contributed by atoms with Crippen LogP contribution in [0, 0.1) is 0 Å². The molecule has 0 saturated heterocycles. The van der Waals surface area contributed by atoms with Gasteiger partial charge in [-0.1, -0.05) is 147 Å². The van der Waals surface area contributed by atoms with E-state index in [9.17, 15) is 20.1 Å². The average Bonchev–Trinajstić information content (AvgIpc) is 3.01. The Morgan fingerprint density at radius 3 is 1.42 bits per heavy atom. The summed E-state index contributed by atoms with van der Waals surface area (Å²) in [7, 11) is 0. The Hall–Kier alpha value is -1.23. The summed E-state index contributed by atoms with van der Waals surface area (Å²) in [5.74, 6) is -0.311. The largest absolute Gasteiger partial charge is 0.394 e. The van der Waals surface area contributed by atoms with Crippen molar-refractivity contribution in [1.29, 1.82) is 0 Å². The van der Waals surface area contributed by atoms with Crippen LogP contribution >= 0.6 is 0 Å². The van der Waals surface area contributed by atoms with Crippen molar-refractivity contribution in [3.63, 3.8) is 0 Å². The van der Waals surface area contributed by atoms with Gasteiger partial charge in [-0.15, -0.1) is 0 Å². The highest BCUT2D eigenvalue weighted by atomic mass is 16.4. The van der Waals surface area contributed by atoms with Crippen LogP contribution in [0.1, 0.15) is 187 Å². The molecule has 2 atom stereocenters. The second kappa shape index (κ2) is 32.2. The number of hydrogen-bond donors (Lipinski definition) is 3. The molecule has 0 heterocycles. The number of aliphatic hydroxyl groups excluding tert-OH is 2. The highest BCUT2D eigenvalue weighted by Gasteiger charge is 2.41. The standard InChI is InChI=1S/C39H72O4/c1-3-5-7-9-11-13-15-17-19-21-23-25-27-29-31-33-35-39(43,38(42)36-40)37(41)34-32-30-28-26-24-22-20-18-16-14-12-10-8-6-4-2/h11,13,17-20,38,40,42-43H,3-10,12,14-16,21-36H2,1-2H3/b13-11-,19-17-,20-18-. The van der Waals surface area contributed by atoms with Gasteiger partial charge in [-0.2, -0.15) is 0 Å². The number of unbranched alkanes of at least 4 members (excludes halogenated alkanes) is 20. The van der Waals surface area contributed by atoms with Crippen LogP contribution in [0.25, 0.3) is 0 Å². The van der Waals surface area contributed by atoms with Gasteiger partial charge in [-0.3, -0.25) is 4.79 Å². The van der Waals surface area contributed by atoms with E-state index in [-0.39, 0.29) is 18.6 Å². The Morgan fingerprint density at radius 1 is 0.558 bits per heavy atom. The van der Waals surface area contributed by atoms with Crippen molar-refractivity contribution >= 4 is 5.78 Å². The molecule has 0 radical (unpaired) electrons. The fourth-order valence-electron chi connectivity index (χ4n) is 5.60. The Bertz CT molecular complexity index is 683. The maximum atomic E-state index is 12.8. The van der Waals surface area contributed by atoms with Gasteiger partial charge in [-0.25, -0.2) is 0 Å². The molecule has 0 aromatic carbocycles. The van der Waals surface area contributed by atoms with Crippen LogP contribution in [0.2, 0.25) is 0 Å². The summed E-state index contributed by atoms with van der Waals surface area (Å²) in [6.07, 6.45) is 41.9. The van der Waals surface area contributed by atoms with E-state index in [2.05, 4.69) is 50.3 Å². The minimum atomic E-state index is -1.81. The van der Waals surface area contributed by atoms with E-state index in [1.54, 1.807) is 0 Å².